The molecule has 0 aliphatic heterocycles. The molecule has 1 amide bonds. The van der Waals surface area contributed by atoms with Gasteiger partial charge in [0.2, 0.25) is 0 Å². The largest absolute Gasteiger partial charge is 0.441 e. The van der Waals surface area contributed by atoms with Crippen molar-refractivity contribution in [2.75, 3.05) is 6.26 Å². The Morgan fingerprint density at radius 3 is 2.69 bits per heavy atom. The van der Waals surface area contributed by atoms with Gasteiger partial charge in [-0.3, -0.25) is 4.79 Å². The van der Waals surface area contributed by atoms with Gasteiger partial charge in [0, 0.05) is 23.2 Å². The highest BCUT2D eigenvalue weighted by Gasteiger charge is 2.54. The average molecular weight is 434 g/mol. The van der Waals surface area contributed by atoms with Crippen molar-refractivity contribution in [3.05, 3.63) is 47.0 Å². The van der Waals surface area contributed by atoms with Crippen molar-refractivity contribution in [2.24, 2.45) is 5.41 Å². The lowest BCUT2D eigenvalue weighted by molar-refractivity contribution is -0.0256. The van der Waals surface area contributed by atoms with Gasteiger partial charge in [0.1, 0.15) is 15.2 Å². The number of fused-ring (bicyclic) bond motifs is 1. The van der Waals surface area contributed by atoms with Crippen LogP contribution in [0.1, 0.15) is 48.0 Å². The van der Waals surface area contributed by atoms with Crippen LogP contribution in [-0.4, -0.2) is 27.4 Å². The van der Waals surface area contributed by atoms with Crippen LogP contribution >= 0.6 is 11.6 Å². The number of nitrogens with one attached hydrogen (secondary N) is 2. The molecule has 0 saturated heterocycles. The number of halogens is 1. The van der Waals surface area contributed by atoms with Crippen molar-refractivity contribution in [3.8, 4) is 0 Å². The van der Waals surface area contributed by atoms with Crippen molar-refractivity contribution in [1.82, 2.24) is 10.3 Å². The molecule has 0 bridgehead atoms. The van der Waals surface area contributed by atoms with E-state index >= 15 is 0 Å². The zero-order valence-electron chi connectivity index (χ0n) is 15.7. The Balaban J connectivity index is 1.16. The van der Waals surface area contributed by atoms with E-state index in [2.05, 4.69) is 10.3 Å². The molecule has 1 aromatic carbocycles. The Morgan fingerprint density at radius 1 is 1.24 bits per heavy atom. The molecule has 9 heteroatoms. The fourth-order valence-corrected chi connectivity index (χ4v) is 5.33. The van der Waals surface area contributed by atoms with Gasteiger partial charge in [-0.05, 0) is 61.4 Å². The molecule has 0 radical (unpaired) electrons. The molecule has 2 fully saturated rings. The third kappa shape index (κ3) is 3.34. The molecular formula is C20H20ClN3O4S. The van der Waals surface area contributed by atoms with Crippen molar-refractivity contribution in [1.29, 1.82) is 4.78 Å². The number of nitrogens with zero attached hydrogens (tertiary/aromatic N) is 1. The minimum Gasteiger partial charge on any atom is -0.441 e. The summed E-state index contributed by atoms with van der Waals surface area (Å²) in [5.41, 5.74) is 1.79. The Bertz CT molecular complexity index is 1220. The van der Waals surface area contributed by atoms with Crippen molar-refractivity contribution < 1.29 is 17.8 Å². The highest BCUT2D eigenvalue weighted by molar-refractivity contribution is 7.91. The molecule has 29 heavy (non-hydrogen) atoms. The standard InChI is InChI=1S/C20H20ClN3O4S/c1-29(22,26)17-5-4-16(27-17)18(25)23-13-9-20(10-13)7-11(8-20)19-24-14-6-12(21)2-3-15(14)28-19/h2-6,11,13,22H,7-10H2,1H3,(H,23,25). The van der Waals surface area contributed by atoms with E-state index in [0.717, 1.165) is 42.7 Å². The molecule has 2 aliphatic carbocycles. The number of hydrogen-bond acceptors (Lipinski definition) is 6. The predicted molar refractivity (Wildman–Crippen MR) is 108 cm³/mol. The molecule has 1 spiro atoms. The highest BCUT2D eigenvalue weighted by atomic mass is 35.5. The number of carbonyl (C=O) groups excluding carboxylic acids is 1. The van der Waals surface area contributed by atoms with Crippen LogP contribution in [0.4, 0.5) is 0 Å². The van der Waals surface area contributed by atoms with Crippen molar-refractivity contribution in [3.63, 3.8) is 0 Å². The second kappa shape index (κ2) is 6.34. The lowest BCUT2D eigenvalue weighted by Crippen LogP contribution is -2.55. The smallest absolute Gasteiger partial charge is 0.287 e. The van der Waals surface area contributed by atoms with Gasteiger partial charge in [0.25, 0.3) is 5.91 Å². The van der Waals surface area contributed by atoms with E-state index in [-0.39, 0.29) is 28.2 Å². The summed E-state index contributed by atoms with van der Waals surface area (Å²) in [6.07, 6.45) is 5.10. The number of amides is 1. The quantitative estimate of drug-likeness (QED) is 0.626. The van der Waals surface area contributed by atoms with Crippen molar-refractivity contribution >= 4 is 38.3 Å². The van der Waals surface area contributed by atoms with Crippen LogP contribution in [0.2, 0.25) is 5.02 Å². The maximum Gasteiger partial charge on any atom is 0.287 e. The molecule has 5 rings (SSSR count). The highest BCUT2D eigenvalue weighted by Crippen LogP contribution is 2.61. The van der Waals surface area contributed by atoms with Gasteiger partial charge < -0.3 is 14.2 Å². The van der Waals surface area contributed by atoms with Crippen LogP contribution in [0.25, 0.3) is 11.1 Å². The lowest BCUT2D eigenvalue weighted by atomic mass is 9.50. The van der Waals surface area contributed by atoms with E-state index in [1.807, 2.05) is 12.1 Å². The Morgan fingerprint density at radius 2 is 2.00 bits per heavy atom. The first kappa shape index (κ1) is 18.7. The summed E-state index contributed by atoms with van der Waals surface area (Å²) < 4.78 is 30.4. The molecule has 2 heterocycles. The van der Waals surface area contributed by atoms with Gasteiger partial charge in [0.05, 0.1) is 0 Å². The minimum absolute atomic E-state index is 0.0224. The van der Waals surface area contributed by atoms with E-state index in [1.54, 1.807) is 6.07 Å². The van der Waals surface area contributed by atoms with E-state index in [0.29, 0.717) is 10.9 Å². The zero-order chi connectivity index (χ0) is 20.4. The zero-order valence-corrected chi connectivity index (χ0v) is 17.3. The Labute approximate surface area is 172 Å². The average Bonchev–Trinajstić information content (AvgIpc) is 3.21. The predicted octanol–water partition coefficient (Wildman–Crippen LogP) is 4.57. The number of benzene rings is 1. The van der Waals surface area contributed by atoms with Gasteiger partial charge in [-0.25, -0.2) is 14.0 Å². The first-order valence-electron chi connectivity index (χ1n) is 9.41. The molecule has 1 unspecified atom stereocenters. The number of aromatic nitrogens is 1. The number of furan rings is 1. The molecule has 1 atom stereocenters. The molecule has 2 N–H and O–H groups in total. The molecule has 2 aromatic heterocycles. The molecule has 2 aliphatic rings. The van der Waals surface area contributed by atoms with Gasteiger partial charge >= 0.3 is 0 Å². The van der Waals surface area contributed by atoms with Gasteiger partial charge in [-0.15, -0.1) is 0 Å². The van der Waals surface area contributed by atoms with Gasteiger partial charge in [0.15, 0.2) is 22.3 Å². The summed E-state index contributed by atoms with van der Waals surface area (Å²) in [6, 6.07) is 8.44. The van der Waals surface area contributed by atoms with Crippen LogP contribution in [0.5, 0.6) is 0 Å². The topological polar surface area (TPSA) is 109 Å². The Hall–Kier alpha value is -2.32. The summed E-state index contributed by atoms with van der Waals surface area (Å²) in [5, 5.41) is 3.63. The molecule has 7 nitrogen and oxygen atoms in total. The number of carbonyl (C=O) groups is 1. The maximum atomic E-state index is 12.3. The molecular weight excluding hydrogens is 414 g/mol. The second-order valence-electron chi connectivity index (χ2n) is 8.31. The monoisotopic (exact) mass is 433 g/mol. The first-order chi connectivity index (χ1) is 13.7. The summed E-state index contributed by atoms with van der Waals surface area (Å²) in [6.45, 7) is 0. The lowest BCUT2D eigenvalue weighted by Gasteiger charge is -2.57. The van der Waals surface area contributed by atoms with Crippen LogP contribution in [0, 0.1) is 10.2 Å². The van der Waals surface area contributed by atoms with Gasteiger partial charge in [-0.1, -0.05) is 11.6 Å². The SMILES string of the molecule is CS(=N)(=O)c1ccc(C(=O)NC2CC3(C2)CC(c2nc4cc(Cl)ccc4o2)C3)o1. The first-order valence-corrected chi connectivity index (χ1v) is 11.8. The van der Waals surface area contributed by atoms with E-state index in [9.17, 15) is 9.00 Å². The summed E-state index contributed by atoms with van der Waals surface area (Å²) in [7, 11) is -2.96. The van der Waals surface area contributed by atoms with Crippen LogP contribution in [0.3, 0.4) is 0 Å². The normalized spacial score (nSPS) is 27.9. The summed E-state index contributed by atoms with van der Waals surface area (Å²) in [5.74, 6) is 0.841. The van der Waals surface area contributed by atoms with Crippen LogP contribution < -0.4 is 5.32 Å². The minimum atomic E-state index is -2.96. The molecule has 3 aromatic rings. The Kier molecular flexibility index (Phi) is 4.08. The summed E-state index contributed by atoms with van der Waals surface area (Å²) in [4.78, 5) is 16.9. The third-order valence-corrected chi connectivity index (χ3v) is 7.18. The van der Waals surface area contributed by atoms with E-state index in [1.165, 1.54) is 18.4 Å². The molecule has 2 saturated carbocycles. The van der Waals surface area contributed by atoms with Crippen LogP contribution in [0.15, 0.2) is 44.3 Å². The fourth-order valence-electron chi connectivity index (χ4n) is 4.58. The van der Waals surface area contributed by atoms with Crippen molar-refractivity contribution in [2.45, 2.75) is 42.7 Å². The molecule has 152 valence electrons. The third-order valence-electron chi connectivity index (χ3n) is 5.96. The van der Waals surface area contributed by atoms with E-state index in [4.69, 9.17) is 25.2 Å². The van der Waals surface area contributed by atoms with E-state index < -0.39 is 9.73 Å². The maximum absolute atomic E-state index is 12.3. The number of hydrogen-bond donors (Lipinski definition) is 2. The van der Waals surface area contributed by atoms with Gasteiger partial charge in [-0.2, -0.15) is 0 Å². The second-order valence-corrected chi connectivity index (χ2v) is 10.8. The number of oxazole rings is 1. The summed E-state index contributed by atoms with van der Waals surface area (Å²) >= 11 is 6.01. The fraction of sp³-hybridized carbons (Fsp3) is 0.400. The number of rotatable bonds is 4. The van der Waals surface area contributed by atoms with Crippen LogP contribution in [-0.2, 0) is 9.73 Å².